The van der Waals surface area contributed by atoms with Crippen molar-refractivity contribution in [2.24, 2.45) is 23.7 Å². The SMILES string of the molecule is CCC(C)C(=O)OC(C1CCC(C(OCOCC2CCCCC2)(C(F)(F)F)C(F)(F)F)CC1)(C(F)(F)F)C(F)(F)F. The van der Waals surface area contributed by atoms with Crippen molar-refractivity contribution in [3.63, 3.8) is 0 Å². The summed E-state index contributed by atoms with van der Waals surface area (Å²) < 4.78 is 182. The molecule has 0 radical (unpaired) electrons. The van der Waals surface area contributed by atoms with Crippen LogP contribution in [-0.4, -0.2) is 55.3 Å². The fourth-order valence-corrected chi connectivity index (χ4v) is 5.76. The van der Waals surface area contributed by atoms with Gasteiger partial charge in [-0.1, -0.05) is 33.1 Å². The Balaban J connectivity index is 2.36. The number of hydrogen-bond acceptors (Lipinski definition) is 4. The number of ether oxygens (including phenoxy) is 3. The quantitative estimate of drug-likeness (QED) is 0.105. The van der Waals surface area contributed by atoms with Gasteiger partial charge in [-0.3, -0.25) is 4.79 Å². The van der Waals surface area contributed by atoms with Crippen LogP contribution in [0.1, 0.15) is 78.1 Å². The molecule has 41 heavy (non-hydrogen) atoms. The maximum absolute atomic E-state index is 14.1. The molecule has 0 aromatic heterocycles. The standard InChI is InChI=1S/C25H34F12O4/c1-3-15(2)19(38)41-21(24(32,33)34,25(35,36)37)18-11-9-17(10-12-18)20(22(26,27)28,23(29,30)31)40-14-39-13-16-7-5-4-6-8-16/h15-18H,3-14H2,1-2H3. The van der Waals surface area contributed by atoms with E-state index in [4.69, 9.17) is 4.74 Å². The van der Waals surface area contributed by atoms with Crippen LogP contribution in [0, 0.1) is 23.7 Å². The molecule has 0 spiro atoms. The first-order valence-corrected chi connectivity index (χ1v) is 13.4. The van der Waals surface area contributed by atoms with Crippen LogP contribution in [0.15, 0.2) is 0 Å². The second-order valence-electron chi connectivity index (χ2n) is 10.9. The Morgan fingerprint density at radius 2 is 1.10 bits per heavy atom. The van der Waals surface area contributed by atoms with Crippen LogP contribution in [0.4, 0.5) is 52.7 Å². The van der Waals surface area contributed by atoms with E-state index in [0.717, 1.165) is 26.2 Å². The first-order valence-electron chi connectivity index (χ1n) is 13.4. The predicted octanol–water partition coefficient (Wildman–Crippen LogP) is 8.68. The van der Waals surface area contributed by atoms with Crippen LogP contribution in [0.2, 0.25) is 0 Å². The Bertz CT molecular complexity index is 807. The van der Waals surface area contributed by atoms with Crippen LogP contribution in [0.5, 0.6) is 0 Å². The third kappa shape index (κ3) is 7.38. The number of esters is 1. The van der Waals surface area contributed by atoms with Crippen molar-refractivity contribution < 1.29 is 71.7 Å². The largest absolute Gasteiger partial charge is 0.439 e. The lowest BCUT2D eigenvalue weighted by Crippen LogP contribution is -2.67. The van der Waals surface area contributed by atoms with Crippen molar-refractivity contribution in [3.05, 3.63) is 0 Å². The van der Waals surface area contributed by atoms with Crippen molar-refractivity contribution in [1.82, 2.24) is 0 Å². The Morgan fingerprint density at radius 3 is 1.49 bits per heavy atom. The minimum atomic E-state index is -6.26. The van der Waals surface area contributed by atoms with Crippen LogP contribution in [0.25, 0.3) is 0 Å². The zero-order chi connectivity index (χ0) is 31.5. The van der Waals surface area contributed by atoms with Crippen molar-refractivity contribution in [1.29, 1.82) is 0 Å². The maximum atomic E-state index is 14.1. The van der Waals surface area contributed by atoms with E-state index in [1.165, 1.54) is 6.92 Å². The molecular formula is C25H34F12O4. The molecule has 4 nitrogen and oxygen atoms in total. The second-order valence-corrected chi connectivity index (χ2v) is 10.9. The van der Waals surface area contributed by atoms with E-state index in [1.54, 1.807) is 0 Å². The van der Waals surface area contributed by atoms with E-state index in [-0.39, 0.29) is 18.9 Å². The van der Waals surface area contributed by atoms with E-state index >= 15 is 0 Å². The molecule has 2 aliphatic carbocycles. The highest BCUT2D eigenvalue weighted by atomic mass is 19.4. The van der Waals surface area contributed by atoms with Gasteiger partial charge in [0.15, 0.2) is 0 Å². The minimum absolute atomic E-state index is 0.0926. The maximum Gasteiger partial charge on any atom is 0.437 e. The molecule has 0 amide bonds. The van der Waals surface area contributed by atoms with Crippen LogP contribution in [-0.2, 0) is 19.0 Å². The summed E-state index contributed by atoms with van der Waals surface area (Å²) >= 11 is 0. The second kappa shape index (κ2) is 13.0. The normalized spacial score (nSPS) is 23.4. The Kier molecular flexibility index (Phi) is 11.4. The monoisotopic (exact) mass is 626 g/mol. The highest BCUT2D eigenvalue weighted by Crippen LogP contribution is 2.59. The Morgan fingerprint density at radius 1 is 0.683 bits per heavy atom. The van der Waals surface area contributed by atoms with Crippen molar-refractivity contribution in [3.8, 4) is 0 Å². The first kappa shape index (κ1) is 35.7. The lowest BCUT2D eigenvalue weighted by atomic mass is 9.67. The summed E-state index contributed by atoms with van der Waals surface area (Å²) in [5, 5.41) is 0. The molecule has 1 atom stereocenters. The van der Waals surface area contributed by atoms with Gasteiger partial charge in [-0.25, -0.2) is 0 Å². The third-order valence-electron chi connectivity index (χ3n) is 8.29. The zero-order valence-corrected chi connectivity index (χ0v) is 22.5. The third-order valence-corrected chi connectivity index (χ3v) is 8.29. The topological polar surface area (TPSA) is 44.8 Å². The minimum Gasteiger partial charge on any atom is -0.439 e. The number of carbonyl (C=O) groups is 1. The zero-order valence-electron chi connectivity index (χ0n) is 22.5. The van der Waals surface area contributed by atoms with E-state index in [0.29, 0.717) is 12.8 Å². The van der Waals surface area contributed by atoms with Gasteiger partial charge >= 0.3 is 36.3 Å². The fourth-order valence-electron chi connectivity index (χ4n) is 5.76. The summed E-state index contributed by atoms with van der Waals surface area (Å²) in [7, 11) is 0. The van der Waals surface area contributed by atoms with Gasteiger partial charge in [0, 0.05) is 11.8 Å². The predicted molar refractivity (Wildman–Crippen MR) is 119 cm³/mol. The average Bonchev–Trinajstić information content (AvgIpc) is 2.84. The summed E-state index contributed by atoms with van der Waals surface area (Å²) in [5.74, 6) is -8.59. The number of halogens is 12. The summed E-state index contributed by atoms with van der Waals surface area (Å²) in [6.45, 7) is 0.717. The number of hydrogen-bond donors (Lipinski definition) is 0. The van der Waals surface area contributed by atoms with Crippen molar-refractivity contribution in [2.75, 3.05) is 13.4 Å². The van der Waals surface area contributed by atoms with Crippen LogP contribution < -0.4 is 0 Å². The van der Waals surface area contributed by atoms with Gasteiger partial charge < -0.3 is 14.2 Å². The van der Waals surface area contributed by atoms with Crippen LogP contribution >= 0.6 is 0 Å². The summed E-state index contributed by atoms with van der Waals surface area (Å²) in [5.41, 5.74) is -10.0. The molecule has 2 fully saturated rings. The number of rotatable bonds is 10. The highest BCUT2D eigenvalue weighted by molar-refractivity contribution is 5.72. The van der Waals surface area contributed by atoms with Crippen molar-refractivity contribution >= 4 is 5.97 Å². The molecule has 2 saturated carbocycles. The summed E-state index contributed by atoms with van der Waals surface area (Å²) in [4.78, 5) is 12.1. The lowest BCUT2D eigenvalue weighted by Gasteiger charge is -2.48. The molecule has 1 unspecified atom stereocenters. The van der Waals surface area contributed by atoms with Gasteiger partial charge in [0.1, 0.15) is 6.79 Å². The summed E-state index contributed by atoms with van der Waals surface area (Å²) in [6, 6.07) is 0. The average molecular weight is 627 g/mol. The lowest BCUT2D eigenvalue weighted by molar-refractivity contribution is -0.416. The van der Waals surface area contributed by atoms with E-state index in [9.17, 15) is 57.5 Å². The molecule has 0 aliphatic heterocycles. The van der Waals surface area contributed by atoms with Gasteiger partial charge in [0.05, 0.1) is 12.5 Å². The van der Waals surface area contributed by atoms with Gasteiger partial charge in [-0.05, 0) is 50.9 Å². The molecule has 0 heterocycles. The van der Waals surface area contributed by atoms with Gasteiger partial charge in [0.2, 0.25) is 0 Å². The van der Waals surface area contributed by atoms with Crippen LogP contribution in [0.3, 0.4) is 0 Å². The Hall–Kier alpha value is -1.45. The Labute approximate surface area is 229 Å². The van der Waals surface area contributed by atoms with E-state index < -0.39 is 92.1 Å². The van der Waals surface area contributed by atoms with E-state index in [2.05, 4.69) is 9.47 Å². The molecular weight excluding hydrogens is 592 g/mol. The molecule has 0 saturated heterocycles. The molecule has 2 aliphatic rings. The number of alkyl halides is 12. The molecule has 16 heteroatoms. The molecule has 0 N–H and O–H groups in total. The van der Waals surface area contributed by atoms with E-state index in [1.807, 2.05) is 0 Å². The molecule has 242 valence electrons. The fraction of sp³-hybridized carbons (Fsp3) is 0.960. The molecule has 0 aromatic carbocycles. The molecule has 0 bridgehead atoms. The van der Waals surface area contributed by atoms with Gasteiger partial charge in [-0.15, -0.1) is 0 Å². The van der Waals surface area contributed by atoms with Gasteiger partial charge in [-0.2, -0.15) is 52.7 Å². The molecule has 0 aromatic rings. The number of carbonyl (C=O) groups excluding carboxylic acids is 1. The first-order chi connectivity index (χ1) is 18.7. The van der Waals surface area contributed by atoms with Gasteiger partial charge in [0.25, 0.3) is 5.60 Å². The summed E-state index contributed by atoms with van der Waals surface area (Å²) in [6.07, 6.45) is -26.6. The molecule has 2 rings (SSSR count). The smallest absolute Gasteiger partial charge is 0.437 e. The highest BCUT2D eigenvalue weighted by Gasteiger charge is 2.79. The van der Waals surface area contributed by atoms with Crippen molar-refractivity contribution in [2.45, 2.75) is 114 Å².